The van der Waals surface area contributed by atoms with Gasteiger partial charge in [0.25, 0.3) is 0 Å². The van der Waals surface area contributed by atoms with Crippen molar-refractivity contribution in [1.82, 2.24) is 9.55 Å². The molecule has 1 heterocycles. The number of benzene rings is 1. The van der Waals surface area contributed by atoms with Gasteiger partial charge in [0.15, 0.2) is 11.6 Å². The number of hydrogen-bond donors (Lipinski definition) is 0. The van der Waals surface area contributed by atoms with E-state index in [1.54, 1.807) is 6.20 Å². The number of nitrogens with zero attached hydrogens (tertiary/aromatic N) is 2. The van der Waals surface area contributed by atoms with Crippen molar-refractivity contribution in [3.63, 3.8) is 0 Å². The van der Waals surface area contributed by atoms with Crippen molar-refractivity contribution in [2.24, 2.45) is 0 Å². The number of halogens is 2. The fourth-order valence-corrected chi connectivity index (χ4v) is 1.53. The maximum absolute atomic E-state index is 13.6. The Labute approximate surface area is 98.9 Å². The third-order valence-electron chi connectivity index (χ3n) is 2.56. The van der Waals surface area contributed by atoms with E-state index in [0.29, 0.717) is 0 Å². The van der Waals surface area contributed by atoms with Crippen LogP contribution in [0, 0.1) is 11.6 Å². The quantitative estimate of drug-likeness (QED) is 0.741. The maximum atomic E-state index is 13.6. The lowest BCUT2D eigenvalue weighted by Gasteiger charge is -2.14. The molecule has 1 aromatic carbocycles. The molecule has 1 aromatic heterocycles. The summed E-state index contributed by atoms with van der Waals surface area (Å²) < 4.78 is 28.2. The van der Waals surface area contributed by atoms with Gasteiger partial charge >= 0.3 is 0 Å². The average molecular weight is 236 g/mol. The molecular weight excluding hydrogens is 222 g/mol. The minimum atomic E-state index is -0.856. The highest BCUT2D eigenvalue weighted by molar-refractivity contribution is 5.35. The van der Waals surface area contributed by atoms with E-state index in [1.807, 2.05) is 20.8 Å². The second-order valence-electron chi connectivity index (χ2n) is 4.99. The highest BCUT2D eigenvalue weighted by Crippen LogP contribution is 2.22. The Hall–Kier alpha value is -1.71. The van der Waals surface area contributed by atoms with E-state index in [1.165, 1.54) is 23.0 Å². The van der Waals surface area contributed by atoms with Crippen LogP contribution in [0.5, 0.6) is 0 Å². The molecule has 0 aliphatic heterocycles. The topological polar surface area (TPSA) is 17.8 Å². The van der Waals surface area contributed by atoms with Gasteiger partial charge in [-0.1, -0.05) is 26.8 Å². The number of aromatic nitrogens is 2. The SMILES string of the molecule is CC(C)(C)c1cn(-c2cccc(F)c2F)cn1. The lowest BCUT2D eigenvalue weighted by molar-refractivity contribution is 0.504. The predicted octanol–water partition coefficient (Wildman–Crippen LogP) is 3.45. The summed E-state index contributed by atoms with van der Waals surface area (Å²) >= 11 is 0. The Bertz CT molecular complexity index is 539. The molecule has 17 heavy (non-hydrogen) atoms. The van der Waals surface area contributed by atoms with Crippen LogP contribution in [0.15, 0.2) is 30.7 Å². The van der Waals surface area contributed by atoms with Crippen molar-refractivity contribution in [2.45, 2.75) is 26.2 Å². The zero-order chi connectivity index (χ0) is 12.6. The molecule has 0 N–H and O–H groups in total. The highest BCUT2D eigenvalue weighted by atomic mass is 19.2. The first-order valence-electron chi connectivity index (χ1n) is 5.38. The van der Waals surface area contributed by atoms with Crippen LogP contribution >= 0.6 is 0 Å². The monoisotopic (exact) mass is 236 g/mol. The minimum Gasteiger partial charge on any atom is -0.303 e. The molecule has 0 saturated carbocycles. The van der Waals surface area contributed by atoms with Gasteiger partial charge in [0.1, 0.15) is 0 Å². The fourth-order valence-electron chi connectivity index (χ4n) is 1.53. The lowest BCUT2D eigenvalue weighted by atomic mass is 9.93. The first-order valence-corrected chi connectivity index (χ1v) is 5.38. The standard InChI is InChI=1S/C13H14F2N2/c1-13(2,3)11-7-17(8-16-11)10-6-4-5-9(14)12(10)15/h4-8H,1-3H3. The second-order valence-corrected chi connectivity index (χ2v) is 4.99. The molecule has 0 radical (unpaired) electrons. The smallest absolute Gasteiger partial charge is 0.182 e. The first kappa shape index (κ1) is 11.8. The molecular formula is C13H14F2N2. The second kappa shape index (κ2) is 3.95. The van der Waals surface area contributed by atoms with Crippen LogP contribution in [0.25, 0.3) is 5.69 Å². The largest absolute Gasteiger partial charge is 0.303 e. The molecule has 4 heteroatoms. The van der Waals surface area contributed by atoms with Gasteiger partial charge in [0, 0.05) is 11.6 Å². The fraction of sp³-hybridized carbons (Fsp3) is 0.308. The van der Waals surface area contributed by atoms with Crippen LogP contribution in [0.4, 0.5) is 8.78 Å². The summed E-state index contributed by atoms with van der Waals surface area (Å²) in [5, 5.41) is 0. The minimum absolute atomic E-state index is 0.116. The van der Waals surface area contributed by atoms with Crippen LogP contribution in [0.1, 0.15) is 26.5 Å². The predicted molar refractivity (Wildman–Crippen MR) is 62.2 cm³/mol. The first-order chi connectivity index (χ1) is 7.89. The average Bonchev–Trinajstić information content (AvgIpc) is 2.70. The molecule has 0 atom stereocenters. The Morgan fingerprint density at radius 2 is 1.88 bits per heavy atom. The van der Waals surface area contributed by atoms with E-state index in [4.69, 9.17) is 0 Å². The van der Waals surface area contributed by atoms with Gasteiger partial charge < -0.3 is 4.57 Å². The van der Waals surface area contributed by atoms with Crippen molar-refractivity contribution < 1.29 is 8.78 Å². The molecule has 0 unspecified atom stereocenters. The van der Waals surface area contributed by atoms with E-state index in [0.717, 1.165) is 11.8 Å². The molecule has 0 spiro atoms. The molecule has 0 aliphatic carbocycles. The number of rotatable bonds is 1. The van der Waals surface area contributed by atoms with Gasteiger partial charge in [0.05, 0.1) is 17.7 Å². The Morgan fingerprint density at radius 1 is 1.18 bits per heavy atom. The Kier molecular flexibility index (Phi) is 2.73. The van der Waals surface area contributed by atoms with E-state index in [-0.39, 0.29) is 11.1 Å². The summed E-state index contributed by atoms with van der Waals surface area (Å²) in [5.41, 5.74) is 0.892. The summed E-state index contributed by atoms with van der Waals surface area (Å²) in [7, 11) is 0. The summed E-state index contributed by atoms with van der Waals surface area (Å²) in [6.45, 7) is 6.05. The van der Waals surface area contributed by atoms with E-state index >= 15 is 0 Å². The molecule has 90 valence electrons. The lowest BCUT2D eigenvalue weighted by Crippen LogP contribution is -2.11. The van der Waals surface area contributed by atoms with Gasteiger partial charge in [-0.05, 0) is 12.1 Å². The van der Waals surface area contributed by atoms with Gasteiger partial charge in [0.2, 0.25) is 0 Å². The molecule has 0 saturated heterocycles. The van der Waals surface area contributed by atoms with Crippen LogP contribution in [-0.4, -0.2) is 9.55 Å². The van der Waals surface area contributed by atoms with Crippen molar-refractivity contribution in [3.05, 3.63) is 48.1 Å². The summed E-state index contributed by atoms with van der Waals surface area (Å²) in [4.78, 5) is 4.21. The Morgan fingerprint density at radius 3 is 2.47 bits per heavy atom. The number of imidazole rings is 1. The molecule has 2 rings (SSSR count). The molecule has 0 aliphatic rings. The zero-order valence-corrected chi connectivity index (χ0v) is 10.0. The molecule has 2 nitrogen and oxygen atoms in total. The highest BCUT2D eigenvalue weighted by Gasteiger charge is 2.18. The maximum Gasteiger partial charge on any atom is 0.182 e. The van der Waals surface area contributed by atoms with Crippen molar-refractivity contribution in [2.75, 3.05) is 0 Å². The van der Waals surface area contributed by atoms with Crippen LogP contribution in [0.2, 0.25) is 0 Å². The molecule has 2 aromatic rings. The normalized spacial score (nSPS) is 11.8. The van der Waals surface area contributed by atoms with Crippen molar-refractivity contribution in [1.29, 1.82) is 0 Å². The van der Waals surface area contributed by atoms with E-state index in [9.17, 15) is 8.78 Å². The van der Waals surface area contributed by atoms with Crippen LogP contribution in [-0.2, 0) is 5.41 Å². The third kappa shape index (κ3) is 2.20. The summed E-state index contributed by atoms with van der Waals surface area (Å²) in [6, 6.07) is 4.09. The molecule has 0 bridgehead atoms. The summed E-state index contributed by atoms with van der Waals surface area (Å²) in [5.74, 6) is -1.71. The van der Waals surface area contributed by atoms with Crippen LogP contribution < -0.4 is 0 Å². The van der Waals surface area contributed by atoms with E-state index in [2.05, 4.69) is 4.98 Å². The zero-order valence-electron chi connectivity index (χ0n) is 10.0. The van der Waals surface area contributed by atoms with Crippen molar-refractivity contribution >= 4 is 0 Å². The number of hydrogen-bond acceptors (Lipinski definition) is 1. The van der Waals surface area contributed by atoms with Gasteiger partial charge in [-0.15, -0.1) is 0 Å². The third-order valence-corrected chi connectivity index (χ3v) is 2.56. The van der Waals surface area contributed by atoms with Crippen molar-refractivity contribution in [3.8, 4) is 5.69 Å². The van der Waals surface area contributed by atoms with Gasteiger partial charge in [-0.25, -0.2) is 13.8 Å². The Balaban J connectivity index is 2.48. The van der Waals surface area contributed by atoms with E-state index < -0.39 is 11.6 Å². The van der Waals surface area contributed by atoms with Gasteiger partial charge in [-0.3, -0.25) is 0 Å². The van der Waals surface area contributed by atoms with Crippen LogP contribution in [0.3, 0.4) is 0 Å². The van der Waals surface area contributed by atoms with Gasteiger partial charge in [-0.2, -0.15) is 0 Å². The summed E-state index contributed by atoms with van der Waals surface area (Å²) in [6.07, 6.45) is 3.22. The molecule has 0 fully saturated rings. The molecule has 0 amide bonds.